The molecule has 0 fully saturated rings. The summed E-state index contributed by atoms with van der Waals surface area (Å²) in [6, 6.07) is 6.96. The highest BCUT2D eigenvalue weighted by atomic mass is 31.2. The van der Waals surface area contributed by atoms with Gasteiger partial charge in [-0.3, -0.25) is 18.9 Å². The van der Waals surface area contributed by atoms with Crippen molar-refractivity contribution >= 4 is 43.3 Å². The molecule has 0 aromatic heterocycles. The van der Waals surface area contributed by atoms with Crippen molar-refractivity contribution in [3.8, 4) is 0 Å². The summed E-state index contributed by atoms with van der Waals surface area (Å²) in [5.41, 5.74) is -1.000. The van der Waals surface area contributed by atoms with E-state index < -0.39 is 54.5 Å². The molecule has 19 heteroatoms. The molecular formula is C56H99N4O14P. The molecule has 18 nitrogen and oxygen atoms in total. The van der Waals surface area contributed by atoms with Gasteiger partial charge in [-0.05, 0) is 106 Å². The molecule has 75 heavy (non-hydrogen) atoms. The number of rotatable bonds is 43. The first kappa shape index (κ1) is 68.9. The Labute approximate surface area is 450 Å². The minimum atomic E-state index is -3.15. The fourth-order valence-corrected chi connectivity index (χ4v) is 10.3. The van der Waals surface area contributed by atoms with Crippen LogP contribution in [0.25, 0.3) is 0 Å². The fourth-order valence-electron chi connectivity index (χ4n) is 7.83. The number of unbranched alkanes of at least 4 members (excludes halogenated alkanes) is 16. The van der Waals surface area contributed by atoms with E-state index in [1.807, 2.05) is 59.7 Å². The first-order valence-electron chi connectivity index (χ1n) is 27.8. The van der Waals surface area contributed by atoms with E-state index in [0.29, 0.717) is 32.0 Å². The Kier molecular flexibility index (Phi) is 36.1. The maximum absolute atomic E-state index is 13.3. The Bertz CT molecular complexity index is 1780. The average Bonchev–Trinajstić information content (AvgIpc) is 3.30. The molecule has 432 valence electrons. The van der Waals surface area contributed by atoms with Crippen LogP contribution in [0, 0.1) is 0 Å². The third-order valence-electron chi connectivity index (χ3n) is 11.3. The number of carbonyl (C=O) groups excluding carboxylic acids is 5. The maximum atomic E-state index is 13.3. The minimum absolute atomic E-state index is 0.000240. The van der Waals surface area contributed by atoms with Crippen LogP contribution in [-0.4, -0.2) is 115 Å². The van der Waals surface area contributed by atoms with Crippen LogP contribution in [0.3, 0.4) is 0 Å². The predicted molar refractivity (Wildman–Crippen MR) is 292 cm³/mol. The number of aliphatic carboxylic acids is 1. The molecular weight excluding hydrogens is 984 g/mol. The molecule has 2 atom stereocenters. The molecule has 0 aliphatic heterocycles. The zero-order valence-electron chi connectivity index (χ0n) is 47.5. The number of hydrogen-bond donors (Lipinski definition) is 5. The van der Waals surface area contributed by atoms with Crippen molar-refractivity contribution in [3.63, 3.8) is 0 Å². The van der Waals surface area contributed by atoms with E-state index >= 15 is 0 Å². The number of amides is 4. The van der Waals surface area contributed by atoms with Gasteiger partial charge in [-0.1, -0.05) is 120 Å². The van der Waals surface area contributed by atoms with Crippen molar-refractivity contribution in [2.45, 2.75) is 239 Å². The van der Waals surface area contributed by atoms with Crippen molar-refractivity contribution < 1.29 is 66.4 Å². The van der Waals surface area contributed by atoms with Crippen LogP contribution < -0.4 is 21.3 Å². The number of alkyl carbamates (subject to hydrolysis) is 1. The lowest BCUT2D eigenvalue weighted by molar-refractivity contribution is -0.159. The summed E-state index contributed by atoms with van der Waals surface area (Å²) >= 11 is 0. The second kappa shape index (κ2) is 39.3. The Hall–Kier alpha value is -4.09. The van der Waals surface area contributed by atoms with Crippen LogP contribution in [0.1, 0.15) is 209 Å². The standard InChI is InChI=1S/C56H99N4O14P/c1-54(2,3)72-52(66)47(59-49(62)34-27-22-20-18-16-14-12-10-11-13-15-17-19-21-23-30-42-75(68,73-55(4,5)6)74-56(7,8)9)35-36-48(61)58-38-39-69-40-41-70-44-50(63)57-37-29-28-33-46(51(64)65)60-53(67)71-43-45-31-25-24-26-32-45/h24-26,31-32,46-47H,10-23,27-30,33-44H2,1-9H3,(H,57,63)(H,58,61)(H,59,62)(H,60,67)(H,64,65)/t46-,47-/m0/s1. The number of carboxylic acid groups (broad SMARTS) is 1. The first-order valence-corrected chi connectivity index (χ1v) is 29.5. The van der Waals surface area contributed by atoms with Gasteiger partial charge in [0.05, 0.1) is 37.2 Å². The summed E-state index contributed by atoms with van der Waals surface area (Å²) in [6.45, 7) is 17.6. The highest BCUT2D eigenvalue weighted by molar-refractivity contribution is 7.53. The molecule has 5 N–H and O–H groups in total. The zero-order chi connectivity index (χ0) is 56.0. The predicted octanol–water partition coefficient (Wildman–Crippen LogP) is 10.9. The lowest BCUT2D eigenvalue weighted by Gasteiger charge is -2.32. The Balaban J connectivity index is 2.13. The zero-order valence-corrected chi connectivity index (χ0v) is 48.4. The Morgan fingerprint density at radius 2 is 1.05 bits per heavy atom. The van der Waals surface area contributed by atoms with E-state index in [1.165, 1.54) is 57.8 Å². The summed E-state index contributed by atoms with van der Waals surface area (Å²) in [4.78, 5) is 74.2. The number of ether oxygens (including phenoxy) is 4. The quantitative estimate of drug-likeness (QED) is 0.0232. The second-order valence-electron chi connectivity index (χ2n) is 22.3. The summed E-state index contributed by atoms with van der Waals surface area (Å²) < 4.78 is 46.6. The lowest BCUT2D eigenvalue weighted by Crippen LogP contribution is -2.44. The molecule has 0 saturated heterocycles. The molecule has 0 unspecified atom stereocenters. The number of hydrogen-bond acceptors (Lipinski definition) is 13. The lowest BCUT2D eigenvalue weighted by atomic mass is 10.0. The van der Waals surface area contributed by atoms with E-state index in [9.17, 15) is 38.4 Å². The summed E-state index contributed by atoms with van der Waals surface area (Å²) in [6.07, 6.45) is 19.2. The van der Waals surface area contributed by atoms with Gasteiger partial charge in [-0.25, -0.2) is 14.4 Å². The van der Waals surface area contributed by atoms with E-state index in [-0.39, 0.29) is 76.6 Å². The number of benzene rings is 1. The maximum Gasteiger partial charge on any atom is 0.408 e. The molecule has 0 saturated carbocycles. The summed E-state index contributed by atoms with van der Waals surface area (Å²) in [5.74, 6) is -2.64. The van der Waals surface area contributed by atoms with E-state index in [1.54, 1.807) is 32.9 Å². The Morgan fingerprint density at radius 1 is 0.533 bits per heavy atom. The number of nitrogens with one attached hydrogen (secondary N) is 4. The third-order valence-corrected chi connectivity index (χ3v) is 13.8. The summed E-state index contributed by atoms with van der Waals surface area (Å²) in [7, 11) is -3.15. The topological polar surface area (TPSA) is 243 Å². The molecule has 1 rings (SSSR count). The fraction of sp³-hybridized carbons (Fsp3) is 0.786. The van der Waals surface area contributed by atoms with Crippen LogP contribution >= 0.6 is 7.60 Å². The van der Waals surface area contributed by atoms with Crippen molar-refractivity contribution in [3.05, 3.63) is 35.9 Å². The van der Waals surface area contributed by atoms with E-state index in [4.69, 9.17) is 28.0 Å². The molecule has 0 spiro atoms. The molecule has 1 aromatic rings. The van der Waals surface area contributed by atoms with Gasteiger partial charge in [0, 0.05) is 25.9 Å². The highest BCUT2D eigenvalue weighted by Gasteiger charge is 2.35. The first-order chi connectivity index (χ1) is 35.4. The van der Waals surface area contributed by atoms with Gasteiger partial charge in [-0.15, -0.1) is 0 Å². The molecule has 0 bridgehead atoms. The molecule has 0 heterocycles. The van der Waals surface area contributed by atoms with Gasteiger partial charge in [0.1, 0.15) is 30.9 Å². The third kappa shape index (κ3) is 41.7. The number of carbonyl (C=O) groups is 6. The minimum Gasteiger partial charge on any atom is -0.480 e. The van der Waals surface area contributed by atoms with Crippen LogP contribution in [0.5, 0.6) is 0 Å². The van der Waals surface area contributed by atoms with E-state index in [2.05, 4.69) is 21.3 Å². The van der Waals surface area contributed by atoms with Gasteiger partial charge in [0.2, 0.25) is 17.7 Å². The Morgan fingerprint density at radius 3 is 1.59 bits per heavy atom. The SMILES string of the molecule is CC(C)(C)OC(=O)[C@H](CCC(=O)NCCOCCOCC(=O)NCCCC[C@H](NC(=O)OCc1ccccc1)C(=O)O)NC(=O)CCCCCCCCCCCCCCCCCCP(=O)(OC(C)(C)C)OC(C)(C)C. The molecule has 0 aliphatic rings. The number of carboxylic acids is 1. The van der Waals surface area contributed by atoms with Crippen LogP contribution in [0.4, 0.5) is 4.79 Å². The van der Waals surface area contributed by atoms with Crippen molar-refractivity contribution in [2.75, 3.05) is 45.7 Å². The van der Waals surface area contributed by atoms with Crippen LogP contribution in [0.15, 0.2) is 30.3 Å². The van der Waals surface area contributed by atoms with Gasteiger partial charge in [0.15, 0.2) is 0 Å². The molecule has 1 aromatic carbocycles. The molecule has 0 aliphatic carbocycles. The van der Waals surface area contributed by atoms with Gasteiger partial charge >= 0.3 is 25.6 Å². The van der Waals surface area contributed by atoms with Gasteiger partial charge in [0.25, 0.3) is 0 Å². The average molecular weight is 1080 g/mol. The largest absolute Gasteiger partial charge is 0.480 e. The van der Waals surface area contributed by atoms with Crippen LogP contribution in [0.2, 0.25) is 0 Å². The normalized spacial score (nSPS) is 12.9. The number of esters is 1. The van der Waals surface area contributed by atoms with E-state index in [0.717, 1.165) is 50.5 Å². The molecule has 0 radical (unpaired) electrons. The van der Waals surface area contributed by atoms with Crippen molar-refractivity contribution in [1.29, 1.82) is 0 Å². The van der Waals surface area contributed by atoms with Gasteiger partial charge in [-0.2, -0.15) is 0 Å². The smallest absolute Gasteiger partial charge is 0.408 e. The molecule has 4 amide bonds. The monoisotopic (exact) mass is 1080 g/mol. The van der Waals surface area contributed by atoms with Crippen molar-refractivity contribution in [1.82, 2.24) is 21.3 Å². The highest BCUT2D eigenvalue weighted by Crippen LogP contribution is 2.55. The second-order valence-corrected chi connectivity index (χ2v) is 24.3. The van der Waals surface area contributed by atoms with Gasteiger partial charge < -0.3 is 54.4 Å². The van der Waals surface area contributed by atoms with Crippen molar-refractivity contribution in [2.24, 2.45) is 0 Å². The summed E-state index contributed by atoms with van der Waals surface area (Å²) in [5, 5.41) is 20.1. The van der Waals surface area contributed by atoms with Crippen LogP contribution in [-0.2, 0) is 63.1 Å².